The molecule has 0 bridgehead atoms. The van der Waals surface area contributed by atoms with Crippen molar-refractivity contribution in [3.05, 3.63) is 40.2 Å². The summed E-state index contributed by atoms with van der Waals surface area (Å²) in [7, 11) is 3.50. The minimum Gasteiger partial charge on any atom is -0.302 e. The number of nitrogens with zero attached hydrogens (tertiary/aromatic N) is 4. The van der Waals surface area contributed by atoms with Gasteiger partial charge < -0.3 is 5.43 Å². The molecule has 0 spiro atoms. The van der Waals surface area contributed by atoms with Gasteiger partial charge in [-0.3, -0.25) is 20.1 Å². The van der Waals surface area contributed by atoms with Crippen LogP contribution in [-0.4, -0.2) is 41.4 Å². The lowest BCUT2D eigenvalue weighted by atomic mass is 10.3. The second kappa shape index (κ2) is 6.54. The van der Waals surface area contributed by atoms with E-state index in [1.165, 1.54) is 0 Å². The van der Waals surface area contributed by atoms with Crippen molar-refractivity contribution >= 4 is 5.84 Å². The highest BCUT2D eigenvalue weighted by molar-refractivity contribution is 5.82. The van der Waals surface area contributed by atoms with E-state index < -0.39 is 4.92 Å². The topological polar surface area (TPSA) is 83.7 Å². The zero-order valence-corrected chi connectivity index (χ0v) is 9.83. The normalized spacial score (nSPS) is 11.6. The van der Waals surface area contributed by atoms with Crippen LogP contribution in [0.3, 0.4) is 0 Å². The summed E-state index contributed by atoms with van der Waals surface area (Å²) in [4.78, 5) is 18.1. The van der Waals surface area contributed by atoms with E-state index >= 15 is 0 Å². The molecule has 0 atom stereocenters. The predicted molar refractivity (Wildman–Crippen MR) is 64.1 cm³/mol. The molecule has 0 aliphatic heterocycles. The molecule has 1 N–H and O–H groups in total. The van der Waals surface area contributed by atoms with Gasteiger partial charge in [0.2, 0.25) is 0 Å². The molecule has 7 heteroatoms. The number of hydrogen-bond donors (Lipinski definition) is 1. The van der Waals surface area contributed by atoms with Gasteiger partial charge in [0.05, 0.1) is 6.54 Å². The molecule has 0 fully saturated rings. The molecule has 17 heavy (non-hydrogen) atoms. The Morgan fingerprint density at radius 1 is 1.65 bits per heavy atom. The van der Waals surface area contributed by atoms with Gasteiger partial charge in [-0.2, -0.15) is 0 Å². The van der Waals surface area contributed by atoms with Crippen molar-refractivity contribution in [3.8, 4) is 0 Å². The van der Waals surface area contributed by atoms with Crippen LogP contribution in [0, 0.1) is 10.1 Å². The Morgan fingerprint density at radius 3 is 2.94 bits per heavy atom. The number of rotatable bonds is 5. The van der Waals surface area contributed by atoms with Crippen LogP contribution in [0.1, 0.15) is 5.56 Å². The first kappa shape index (κ1) is 13.0. The van der Waals surface area contributed by atoms with Crippen molar-refractivity contribution in [1.29, 1.82) is 0 Å². The van der Waals surface area contributed by atoms with E-state index in [4.69, 9.17) is 0 Å². The van der Waals surface area contributed by atoms with Gasteiger partial charge in [0.25, 0.3) is 6.54 Å². The van der Waals surface area contributed by atoms with Crippen LogP contribution in [0.15, 0.2) is 29.5 Å². The molecule has 0 aliphatic carbocycles. The second-order valence-corrected chi connectivity index (χ2v) is 3.62. The van der Waals surface area contributed by atoms with E-state index in [9.17, 15) is 10.1 Å². The van der Waals surface area contributed by atoms with E-state index in [0.717, 1.165) is 5.56 Å². The molecule has 0 radical (unpaired) electrons. The highest BCUT2D eigenvalue weighted by Gasteiger charge is 2.07. The Bertz CT molecular complexity index is 391. The summed E-state index contributed by atoms with van der Waals surface area (Å²) in [5.74, 6) is 0.323. The molecule has 0 saturated carbocycles. The standard InChI is InChI=1S/C10H15N5O2/c1-14(2)13-10(8-15(16)17)12-7-9-4-3-5-11-6-9/h3-6H,7-8H2,1-2H3,(H,12,13). The van der Waals surface area contributed by atoms with Gasteiger partial charge in [-0.05, 0) is 11.6 Å². The molecule has 1 heterocycles. The largest absolute Gasteiger partial charge is 0.302 e. The number of nitrogens with one attached hydrogen (secondary N) is 1. The first-order valence-corrected chi connectivity index (χ1v) is 5.06. The van der Waals surface area contributed by atoms with Crippen molar-refractivity contribution in [3.63, 3.8) is 0 Å². The fourth-order valence-corrected chi connectivity index (χ4v) is 1.18. The molecule has 1 aromatic heterocycles. The smallest absolute Gasteiger partial charge is 0.261 e. The van der Waals surface area contributed by atoms with Crippen LogP contribution in [0.2, 0.25) is 0 Å². The van der Waals surface area contributed by atoms with Crippen molar-refractivity contribution in [2.24, 2.45) is 4.99 Å². The number of aromatic nitrogens is 1. The van der Waals surface area contributed by atoms with Gasteiger partial charge >= 0.3 is 0 Å². The third-order valence-corrected chi connectivity index (χ3v) is 1.81. The summed E-state index contributed by atoms with van der Waals surface area (Å²) < 4.78 is 0. The number of aliphatic imine (C=N–C) groups is 1. The van der Waals surface area contributed by atoms with Crippen LogP contribution < -0.4 is 5.43 Å². The fourth-order valence-electron chi connectivity index (χ4n) is 1.18. The van der Waals surface area contributed by atoms with Crippen LogP contribution in [0.25, 0.3) is 0 Å². The van der Waals surface area contributed by atoms with Crippen LogP contribution in [0.4, 0.5) is 0 Å². The van der Waals surface area contributed by atoms with Gasteiger partial charge in [-0.15, -0.1) is 0 Å². The summed E-state index contributed by atoms with van der Waals surface area (Å²) in [6, 6.07) is 3.67. The lowest BCUT2D eigenvalue weighted by Gasteiger charge is -2.13. The van der Waals surface area contributed by atoms with Gasteiger partial charge in [-0.25, -0.2) is 5.01 Å². The third-order valence-electron chi connectivity index (χ3n) is 1.81. The van der Waals surface area contributed by atoms with E-state index in [1.807, 2.05) is 6.07 Å². The first-order valence-electron chi connectivity index (χ1n) is 5.06. The minimum absolute atomic E-state index is 0.321. The number of pyridine rings is 1. The first-order chi connectivity index (χ1) is 8.08. The van der Waals surface area contributed by atoms with E-state index in [0.29, 0.717) is 12.4 Å². The molecule has 0 aromatic carbocycles. The van der Waals surface area contributed by atoms with Gasteiger partial charge in [0, 0.05) is 31.4 Å². The number of amidine groups is 1. The quantitative estimate of drug-likeness (QED) is 0.345. The molecule has 0 unspecified atom stereocenters. The Morgan fingerprint density at radius 2 is 2.41 bits per heavy atom. The maximum atomic E-state index is 10.5. The number of nitro groups is 1. The Balaban J connectivity index is 2.65. The summed E-state index contributed by atoms with van der Waals surface area (Å²) in [5.41, 5.74) is 3.71. The van der Waals surface area contributed by atoms with E-state index in [1.54, 1.807) is 37.6 Å². The maximum absolute atomic E-state index is 10.5. The SMILES string of the molecule is CN(C)NC(C[N+](=O)[O-])=NCc1cccnc1. The van der Waals surface area contributed by atoms with Crippen molar-refractivity contribution in [2.75, 3.05) is 20.6 Å². The molecule has 0 saturated heterocycles. The summed E-state index contributed by atoms with van der Waals surface area (Å²) >= 11 is 0. The molecule has 1 aromatic rings. The van der Waals surface area contributed by atoms with Crippen LogP contribution >= 0.6 is 0 Å². The maximum Gasteiger partial charge on any atom is 0.261 e. The molecular weight excluding hydrogens is 222 g/mol. The molecular formula is C10H15N5O2. The molecule has 92 valence electrons. The average molecular weight is 237 g/mol. The van der Waals surface area contributed by atoms with E-state index in [-0.39, 0.29) is 6.54 Å². The minimum atomic E-state index is -0.418. The van der Waals surface area contributed by atoms with Crippen LogP contribution in [0.5, 0.6) is 0 Å². The van der Waals surface area contributed by atoms with Crippen molar-refractivity contribution < 1.29 is 4.92 Å². The third kappa shape index (κ3) is 5.57. The van der Waals surface area contributed by atoms with Gasteiger partial charge in [-0.1, -0.05) is 6.07 Å². The van der Waals surface area contributed by atoms with Crippen molar-refractivity contribution in [1.82, 2.24) is 15.4 Å². The Kier molecular flexibility index (Phi) is 5.02. The van der Waals surface area contributed by atoms with E-state index in [2.05, 4.69) is 15.4 Å². The number of hydrazine groups is 1. The average Bonchev–Trinajstić information content (AvgIpc) is 2.26. The summed E-state index contributed by atoms with van der Waals surface area (Å²) in [5, 5.41) is 12.1. The van der Waals surface area contributed by atoms with Crippen LogP contribution in [-0.2, 0) is 6.54 Å². The van der Waals surface area contributed by atoms with Gasteiger partial charge in [0.15, 0.2) is 5.84 Å². The lowest BCUT2D eigenvalue weighted by molar-refractivity contribution is -0.463. The molecule has 7 nitrogen and oxygen atoms in total. The second-order valence-electron chi connectivity index (χ2n) is 3.62. The molecule has 1 rings (SSSR count). The zero-order valence-electron chi connectivity index (χ0n) is 9.83. The monoisotopic (exact) mass is 237 g/mol. The highest BCUT2D eigenvalue weighted by atomic mass is 16.6. The Labute approximate surface area is 99.3 Å². The zero-order chi connectivity index (χ0) is 12.7. The number of hydrogen-bond acceptors (Lipinski definition) is 5. The summed E-state index contributed by atoms with van der Waals surface area (Å²) in [6.45, 7) is 0.0519. The highest BCUT2D eigenvalue weighted by Crippen LogP contribution is 1.97. The fraction of sp³-hybridized carbons (Fsp3) is 0.400. The molecule has 0 amide bonds. The van der Waals surface area contributed by atoms with Crippen molar-refractivity contribution in [2.45, 2.75) is 6.54 Å². The summed E-state index contributed by atoms with van der Waals surface area (Å²) in [6.07, 6.45) is 3.35. The lowest BCUT2D eigenvalue weighted by Crippen LogP contribution is -2.40. The molecule has 0 aliphatic rings. The predicted octanol–water partition coefficient (Wildman–Crippen LogP) is 0.323. The van der Waals surface area contributed by atoms with Gasteiger partial charge in [0.1, 0.15) is 0 Å². The Hall–Kier alpha value is -2.02.